The molecule has 2 aromatic rings. The number of hydrogen-bond acceptors (Lipinski definition) is 3. The molecule has 0 saturated carbocycles. The van der Waals surface area contributed by atoms with Crippen LogP contribution in [0.5, 0.6) is 0 Å². The molecule has 0 saturated heterocycles. The molecule has 7 heteroatoms. The van der Waals surface area contributed by atoms with Crippen LogP contribution in [-0.4, -0.2) is 35.7 Å². The molecule has 1 aliphatic rings. The Morgan fingerprint density at radius 1 is 1.07 bits per heavy atom. The van der Waals surface area contributed by atoms with Crippen LogP contribution in [0.25, 0.3) is 0 Å². The highest BCUT2D eigenvalue weighted by molar-refractivity contribution is 9.10. The number of rotatable bonds is 5. The van der Waals surface area contributed by atoms with Gasteiger partial charge in [-0.2, -0.15) is 0 Å². The molecule has 3 rings (SSSR count). The first-order valence-corrected chi connectivity index (χ1v) is 9.90. The van der Waals surface area contributed by atoms with Crippen molar-refractivity contribution in [2.75, 3.05) is 18.4 Å². The van der Waals surface area contributed by atoms with Gasteiger partial charge >= 0.3 is 0 Å². The molecule has 0 aromatic heterocycles. The van der Waals surface area contributed by atoms with Gasteiger partial charge in [-0.3, -0.25) is 14.4 Å². The summed E-state index contributed by atoms with van der Waals surface area (Å²) in [6, 6.07) is 14.8. The summed E-state index contributed by atoms with van der Waals surface area (Å²) in [5, 5.41) is 5.39. The molecule has 1 heterocycles. The lowest BCUT2D eigenvalue weighted by Gasteiger charge is -2.36. The van der Waals surface area contributed by atoms with Crippen LogP contribution in [-0.2, 0) is 20.8 Å². The van der Waals surface area contributed by atoms with Crippen LogP contribution in [0, 0.1) is 0 Å². The molecule has 0 spiro atoms. The van der Waals surface area contributed by atoms with E-state index in [2.05, 4.69) is 26.6 Å². The van der Waals surface area contributed by atoms with E-state index in [9.17, 15) is 14.4 Å². The summed E-state index contributed by atoms with van der Waals surface area (Å²) in [6.07, 6.45) is 0.908. The fourth-order valence-corrected chi connectivity index (χ4v) is 3.68. The Morgan fingerprint density at radius 3 is 2.50 bits per heavy atom. The van der Waals surface area contributed by atoms with E-state index < -0.39 is 0 Å². The Balaban J connectivity index is 1.59. The van der Waals surface area contributed by atoms with Crippen LogP contribution in [0.4, 0.5) is 5.69 Å². The number of carbonyl (C=O) groups excluding carboxylic acids is 3. The normalized spacial score (nSPS) is 15.5. The van der Waals surface area contributed by atoms with E-state index in [1.54, 1.807) is 17.0 Å². The highest BCUT2D eigenvalue weighted by Crippen LogP contribution is 2.32. The molecule has 2 aromatic carbocycles. The first kappa shape index (κ1) is 20.1. The fourth-order valence-electron chi connectivity index (χ4n) is 3.41. The van der Waals surface area contributed by atoms with Crippen molar-refractivity contribution in [3.05, 3.63) is 64.1 Å². The van der Waals surface area contributed by atoms with Crippen LogP contribution in [0.1, 0.15) is 30.5 Å². The topological polar surface area (TPSA) is 78.5 Å². The fraction of sp³-hybridized carbons (Fsp3) is 0.286. The molecule has 6 nitrogen and oxygen atoms in total. The van der Waals surface area contributed by atoms with Crippen LogP contribution in [0.15, 0.2) is 53.0 Å². The number of halogens is 1. The lowest BCUT2D eigenvalue weighted by Crippen LogP contribution is -2.42. The van der Waals surface area contributed by atoms with Crippen LogP contribution in [0.2, 0.25) is 0 Å². The third-order valence-corrected chi connectivity index (χ3v) is 5.30. The van der Waals surface area contributed by atoms with Crippen molar-refractivity contribution < 1.29 is 14.4 Å². The number of benzene rings is 2. The second-order valence-electron chi connectivity index (χ2n) is 6.71. The van der Waals surface area contributed by atoms with E-state index in [1.165, 1.54) is 6.92 Å². The van der Waals surface area contributed by atoms with Crippen molar-refractivity contribution in [2.45, 2.75) is 25.8 Å². The van der Waals surface area contributed by atoms with Gasteiger partial charge in [0.05, 0.1) is 19.0 Å². The average Bonchev–Trinajstić information content (AvgIpc) is 2.68. The maximum Gasteiger partial charge on any atom is 0.243 e. The van der Waals surface area contributed by atoms with Gasteiger partial charge in [-0.05, 0) is 41.8 Å². The summed E-state index contributed by atoms with van der Waals surface area (Å²) in [7, 11) is 0. The van der Waals surface area contributed by atoms with Gasteiger partial charge < -0.3 is 15.5 Å². The van der Waals surface area contributed by atoms with Crippen molar-refractivity contribution in [3.63, 3.8) is 0 Å². The van der Waals surface area contributed by atoms with E-state index in [0.717, 1.165) is 22.0 Å². The van der Waals surface area contributed by atoms with Crippen molar-refractivity contribution >= 4 is 39.3 Å². The maximum absolute atomic E-state index is 12.5. The third kappa shape index (κ3) is 4.98. The predicted molar refractivity (Wildman–Crippen MR) is 111 cm³/mol. The number of anilines is 1. The molecule has 0 bridgehead atoms. The zero-order chi connectivity index (χ0) is 20.1. The Hall–Kier alpha value is -2.67. The quantitative estimate of drug-likeness (QED) is 0.745. The Bertz CT molecular complexity index is 883. The van der Waals surface area contributed by atoms with E-state index in [-0.39, 0.29) is 36.7 Å². The highest BCUT2D eigenvalue weighted by Gasteiger charge is 2.30. The second-order valence-corrected chi connectivity index (χ2v) is 7.63. The van der Waals surface area contributed by atoms with Gasteiger partial charge in [-0.1, -0.05) is 40.2 Å². The maximum atomic E-state index is 12.5. The predicted octanol–water partition coefficient (Wildman–Crippen LogP) is 3.04. The van der Waals surface area contributed by atoms with Crippen molar-refractivity contribution in [1.29, 1.82) is 0 Å². The minimum atomic E-state index is -0.308. The Labute approximate surface area is 172 Å². The molecule has 146 valence electrons. The van der Waals surface area contributed by atoms with E-state index in [1.807, 2.05) is 36.4 Å². The van der Waals surface area contributed by atoms with Crippen molar-refractivity contribution in [1.82, 2.24) is 10.2 Å². The standard InChI is InChI=1S/C21H22BrN3O3/c1-14(26)25-11-10-15-4-2-3-5-18(15)19(25)12-20(27)23-13-21(28)24-17-8-6-16(22)7-9-17/h2-9,19H,10-13H2,1H3,(H,23,27)(H,24,28). The summed E-state index contributed by atoms with van der Waals surface area (Å²) >= 11 is 3.34. The summed E-state index contributed by atoms with van der Waals surface area (Å²) in [6.45, 7) is 1.99. The molecular weight excluding hydrogens is 422 g/mol. The molecule has 0 fully saturated rings. The molecular formula is C21H22BrN3O3. The highest BCUT2D eigenvalue weighted by atomic mass is 79.9. The van der Waals surface area contributed by atoms with Gasteiger partial charge in [-0.15, -0.1) is 0 Å². The van der Waals surface area contributed by atoms with Gasteiger partial charge in [0, 0.05) is 23.6 Å². The largest absolute Gasteiger partial charge is 0.347 e. The van der Waals surface area contributed by atoms with E-state index >= 15 is 0 Å². The van der Waals surface area contributed by atoms with Gasteiger partial charge in [-0.25, -0.2) is 0 Å². The number of nitrogens with one attached hydrogen (secondary N) is 2. The monoisotopic (exact) mass is 443 g/mol. The summed E-state index contributed by atoms with van der Waals surface area (Å²) in [5.41, 5.74) is 2.82. The minimum Gasteiger partial charge on any atom is -0.347 e. The Morgan fingerprint density at radius 2 is 1.79 bits per heavy atom. The first-order valence-electron chi connectivity index (χ1n) is 9.11. The zero-order valence-corrected chi connectivity index (χ0v) is 17.2. The number of nitrogens with zero attached hydrogens (tertiary/aromatic N) is 1. The zero-order valence-electron chi connectivity index (χ0n) is 15.6. The van der Waals surface area contributed by atoms with E-state index in [4.69, 9.17) is 0 Å². The lowest BCUT2D eigenvalue weighted by atomic mass is 9.90. The van der Waals surface area contributed by atoms with Gasteiger partial charge in [0.2, 0.25) is 17.7 Å². The smallest absolute Gasteiger partial charge is 0.243 e. The lowest BCUT2D eigenvalue weighted by molar-refractivity contribution is -0.133. The first-order chi connectivity index (χ1) is 13.4. The molecule has 1 aliphatic heterocycles. The molecule has 0 radical (unpaired) electrons. The minimum absolute atomic E-state index is 0.0553. The van der Waals surface area contributed by atoms with Crippen molar-refractivity contribution in [2.24, 2.45) is 0 Å². The molecule has 3 amide bonds. The molecule has 2 N–H and O–H groups in total. The van der Waals surface area contributed by atoms with Gasteiger partial charge in [0.1, 0.15) is 0 Å². The summed E-state index contributed by atoms with van der Waals surface area (Å²) in [5.74, 6) is -0.623. The average molecular weight is 444 g/mol. The van der Waals surface area contributed by atoms with Gasteiger partial charge in [0.25, 0.3) is 0 Å². The SMILES string of the molecule is CC(=O)N1CCc2ccccc2C1CC(=O)NCC(=O)Nc1ccc(Br)cc1. The van der Waals surface area contributed by atoms with E-state index in [0.29, 0.717) is 12.2 Å². The number of hydrogen-bond donors (Lipinski definition) is 2. The molecule has 1 atom stereocenters. The van der Waals surface area contributed by atoms with Crippen LogP contribution >= 0.6 is 15.9 Å². The number of fused-ring (bicyclic) bond motifs is 1. The van der Waals surface area contributed by atoms with Crippen LogP contribution in [0.3, 0.4) is 0 Å². The van der Waals surface area contributed by atoms with Crippen molar-refractivity contribution in [3.8, 4) is 0 Å². The summed E-state index contributed by atoms with van der Waals surface area (Å²) in [4.78, 5) is 38.3. The number of amides is 3. The molecule has 1 unspecified atom stereocenters. The number of carbonyl (C=O) groups is 3. The summed E-state index contributed by atoms with van der Waals surface area (Å²) < 4.78 is 0.918. The third-order valence-electron chi connectivity index (χ3n) is 4.77. The molecule has 0 aliphatic carbocycles. The second kappa shape index (κ2) is 9.01. The molecule has 28 heavy (non-hydrogen) atoms. The Kier molecular flexibility index (Phi) is 6.46. The van der Waals surface area contributed by atoms with Gasteiger partial charge in [0.15, 0.2) is 0 Å². The van der Waals surface area contributed by atoms with Crippen LogP contribution < -0.4 is 10.6 Å².